The summed E-state index contributed by atoms with van der Waals surface area (Å²) < 4.78 is 27.6. The maximum absolute atomic E-state index is 13.1. The number of nitrogens with zero attached hydrogens (tertiary/aromatic N) is 4. The lowest BCUT2D eigenvalue weighted by atomic mass is 10.0. The lowest BCUT2D eigenvalue weighted by Crippen LogP contribution is -2.42. The van der Waals surface area contributed by atoms with Gasteiger partial charge in [0.05, 0.1) is 22.6 Å². The van der Waals surface area contributed by atoms with Crippen molar-refractivity contribution in [3.63, 3.8) is 0 Å². The third-order valence-corrected chi connectivity index (χ3v) is 8.20. The molecule has 0 spiro atoms. The molecule has 1 N–H and O–H groups in total. The summed E-state index contributed by atoms with van der Waals surface area (Å²) in [6, 6.07) is 16.5. The molecule has 7 nitrogen and oxygen atoms in total. The number of benzene rings is 2. The largest absolute Gasteiger partial charge is 0.382 e. The van der Waals surface area contributed by atoms with E-state index in [2.05, 4.69) is 28.5 Å². The van der Waals surface area contributed by atoms with Crippen molar-refractivity contribution < 1.29 is 8.42 Å². The third kappa shape index (κ3) is 5.63. The zero-order valence-corrected chi connectivity index (χ0v) is 20.9. The van der Waals surface area contributed by atoms with E-state index in [4.69, 9.17) is 5.26 Å². The van der Waals surface area contributed by atoms with Crippen molar-refractivity contribution in [2.75, 3.05) is 18.4 Å². The van der Waals surface area contributed by atoms with Crippen LogP contribution in [0, 0.1) is 22.7 Å². The van der Waals surface area contributed by atoms with Crippen LogP contribution in [-0.2, 0) is 16.4 Å². The highest BCUT2D eigenvalue weighted by molar-refractivity contribution is 7.89. The molecule has 0 atom stereocenters. The van der Waals surface area contributed by atoms with E-state index in [9.17, 15) is 13.7 Å². The van der Waals surface area contributed by atoms with Crippen LogP contribution < -0.4 is 5.32 Å². The standard InChI is InChI=1S/C28H27N5O2S/c1-2-3-21(18-29)4-5-23-16-24-10-13-31-20-27(24)28(17-23)32-25-11-14-33(15-12-25)36(34,35)26-8-6-22(19-30)7-9-26/h2-4,6-10,13,16-17,20,25,32H,5,11-12,14-15H2,1H3/b3-2-,21-4+. The second-order valence-electron chi connectivity index (χ2n) is 8.67. The summed E-state index contributed by atoms with van der Waals surface area (Å²) in [5.41, 5.74) is 3.09. The number of hydrogen-bond acceptors (Lipinski definition) is 6. The first-order chi connectivity index (χ1) is 17.4. The number of sulfonamides is 1. The van der Waals surface area contributed by atoms with E-state index in [1.54, 1.807) is 12.3 Å². The number of allylic oxidation sites excluding steroid dienone is 4. The summed E-state index contributed by atoms with van der Waals surface area (Å²) in [6.45, 7) is 2.71. The van der Waals surface area contributed by atoms with Crippen molar-refractivity contribution >= 4 is 26.5 Å². The minimum atomic E-state index is -3.60. The molecule has 1 aliphatic heterocycles. The molecule has 2 aromatic carbocycles. The highest BCUT2D eigenvalue weighted by atomic mass is 32.2. The van der Waals surface area contributed by atoms with Crippen molar-refractivity contribution in [3.05, 3.63) is 89.8 Å². The molecule has 4 rings (SSSR count). The first-order valence-corrected chi connectivity index (χ1v) is 13.2. The first-order valence-electron chi connectivity index (χ1n) is 11.8. The van der Waals surface area contributed by atoms with Crippen molar-refractivity contribution in [1.29, 1.82) is 10.5 Å². The summed E-state index contributed by atoms with van der Waals surface area (Å²) in [5.74, 6) is 0. The molecule has 3 aromatic rings. The van der Waals surface area contributed by atoms with Crippen LogP contribution >= 0.6 is 0 Å². The summed E-state index contributed by atoms with van der Waals surface area (Å²) >= 11 is 0. The Morgan fingerprint density at radius 1 is 1.17 bits per heavy atom. The summed E-state index contributed by atoms with van der Waals surface area (Å²) in [5, 5.41) is 24.0. The molecule has 0 saturated carbocycles. The van der Waals surface area contributed by atoms with Gasteiger partial charge in [-0.1, -0.05) is 18.2 Å². The molecule has 2 heterocycles. The Morgan fingerprint density at radius 3 is 2.58 bits per heavy atom. The van der Waals surface area contributed by atoms with Crippen LogP contribution in [0.1, 0.15) is 30.9 Å². The number of hydrogen-bond donors (Lipinski definition) is 1. The maximum Gasteiger partial charge on any atom is 0.243 e. The van der Waals surface area contributed by atoms with Crippen LogP contribution in [0.15, 0.2) is 83.6 Å². The predicted molar refractivity (Wildman–Crippen MR) is 141 cm³/mol. The van der Waals surface area contributed by atoms with E-state index in [0.29, 0.717) is 43.5 Å². The molecule has 1 fully saturated rings. The molecule has 0 bridgehead atoms. The fraction of sp³-hybridized carbons (Fsp3) is 0.250. The molecule has 0 aliphatic carbocycles. The molecule has 8 heteroatoms. The number of rotatable bonds is 7. The average Bonchev–Trinajstić information content (AvgIpc) is 2.91. The fourth-order valence-electron chi connectivity index (χ4n) is 4.37. The van der Waals surface area contributed by atoms with Gasteiger partial charge in [0.1, 0.15) is 0 Å². The maximum atomic E-state index is 13.1. The van der Waals surface area contributed by atoms with E-state index < -0.39 is 10.0 Å². The van der Waals surface area contributed by atoms with Gasteiger partial charge in [-0.3, -0.25) is 4.98 Å². The van der Waals surface area contributed by atoms with Gasteiger partial charge in [0.25, 0.3) is 0 Å². The molecule has 182 valence electrons. The summed E-state index contributed by atoms with van der Waals surface area (Å²) in [4.78, 5) is 4.50. The monoisotopic (exact) mass is 497 g/mol. The number of fused-ring (bicyclic) bond motifs is 1. The molecule has 36 heavy (non-hydrogen) atoms. The van der Waals surface area contributed by atoms with Gasteiger partial charge in [0.15, 0.2) is 0 Å². The van der Waals surface area contributed by atoms with Gasteiger partial charge < -0.3 is 5.32 Å². The van der Waals surface area contributed by atoms with Crippen molar-refractivity contribution in [3.8, 4) is 12.1 Å². The van der Waals surface area contributed by atoms with Gasteiger partial charge in [0, 0.05) is 48.2 Å². The normalized spacial score (nSPS) is 15.6. The Labute approximate surface area is 212 Å². The number of aromatic nitrogens is 1. The second-order valence-corrected chi connectivity index (χ2v) is 10.6. The van der Waals surface area contributed by atoms with Crippen molar-refractivity contribution in [2.45, 2.75) is 37.1 Å². The smallest absolute Gasteiger partial charge is 0.243 e. The SMILES string of the molecule is C/C=C\C(C#N)=C/Cc1cc(NC2CCN(S(=O)(=O)c3ccc(C#N)cc3)CC2)c2cnccc2c1. The van der Waals surface area contributed by atoms with Crippen LogP contribution in [0.2, 0.25) is 0 Å². The molecular formula is C28H27N5O2S. The number of nitrogens with one attached hydrogen (secondary N) is 1. The summed E-state index contributed by atoms with van der Waals surface area (Å²) in [7, 11) is -3.60. The van der Waals surface area contributed by atoms with Gasteiger partial charge in [0.2, 0.25) is 10.0 Å². The Balaban J connectivity index is 1.49. The molecule has 0 amide bonds. The number of anilines is 1. The topological polar surface area (TPSA) is 110 Å². The first kappa shape index (κ1) is 25.1. The van der Waals surface area contributed by atoms with Gasteiger partial charge in [-0.25, -0.2) is 8.42 Å². The second kappa shape index (κ2) is 11.2. The van der Waals surface area contributed by atoms with Crippen molar-refractivity contribution in [2.24, 2.45) is 0 Å². The molecule has 1 saturated heterocycles. The third-order valence-electron chi connectivity index (χ3n) is 6.28. The van der Waals surface area contributed by atoms with Crippen LogP contribution in [-0.4, -0.2) is 36.8 Å². The molecule has 0 unspecified atom stereocenters. The van der Waals surface area contributed by atoms with Crippen LogP contribution in [0.4, 0.5) is 5.69 Å². The Bertz CT molecular complexity index is 1490. The van der Waals surface area contributed by atoms with E-state index in [1.165, 1.54) is 28.6 Å². The van der Waals surface area contributed by atoms with Crippen molar-refractivity contribution in [1.82, 2.24) is 9.29 Å². The summed E-state index contributed by atoms with van der Waals surface area (Å²) in [6.07, 6.45) is 11.1. The molecule has 0 radical (unpaired) electrons. The number of pyridine rings is 1. The van der Waals surface area contributed by atoms with Gasteiger partial charge in [-0.2, -0.15) is 14.8 Å². The van der Waals surface area contributed by atoms with Crippen LogP contribution in [0.5, 0.6) is 0 Å². The predicted octanol–water partition coefficient (Wildman–Crippen LogP) is 4.94. The Morgan fingerprint density at radius 2 is 1.92 bits per heavy atom. The van der Waals surface area contributed by atoms with Gasteiger partial charge in [-0.15, -0.1) is 0 Å². The van der Waals surface area contributed by atoms with E-state index in [-0.39, 0.29) is 10.9 Å². The minimum absolute atomic E-state index is 0.115. The quantitative estimate of drug-likeness (QED) is 0.366. The van der Waals surface area contributed by atoms with Crippen LogP contribution in [0.3, 0.4) is 0 Å². The number of piperidine rings is 1. The van der Waals surface area contributed by atoms with E-state index >= 15 is 0 Å². The van der Waals surface area contributed by atoms with Gasteiger partial charge >= 0.3 is 0 Å². The fourth-order valence-corrected chi connectivity index (χ4v) is 5.84. The zero-order chi connectivity index (χ0) is 25.5. The Kier molecular flexibility index (Phi) is 7.80. The van der Waals surface area contributed by atoms with Gasteiger partial charge in [-0.05, 0) is 79.6 Å². The molecule has 1 aliphatic rings. The number of nitriles is 2. The van der Waals surface area contributed by atoms with E-state index in [0.717, 1.165) is 22.0 Å². The highest BCUT2D eigenvalue weighted by Gasteiger charge is 2.29. The zero-order valence-electron chi connectivity index (χ0n) is 20.1. The van der Waals surface area contributed by atoms with E-state index in [1.807, 2.05) is 37.4 Å². The highest BCUT2D eigenvalue weighted by Crippen LogP contribution is 2.29. The molecule has 1 aromatic heterocycles. The lowest BCUT2D eigenvalue weighted by Gasteiger charge is -2.32. The minimum Gasteiger partial charge on any atom is -0.382 e. The Hall–Kier alpha value is -3.98. The average molecular weight is 498 g/mol. The molecular weight excluding hydrogens is 470 g/mol. The lowest BCUT2D eigenvalue weighted by molar-refractivity contribution is 0.330. The van der Waals surface area contributed by atoms with Crippen LogP contribution in [0.25, 0.3) is 10.8 Å².